The van der Waals surface area contributed by atoms with Crippen LogP contribution in [0.4, 0.5) is 0 Å². The van der Waals surface area contributed by atoms with Crippen LogP contribution in [0.3, 0.4) is 0 Å². The van der Waals surface area contributed by atoms with Gasteiger partial charge in [-0.3, -0.25) is 14.5 Å². The number of hydrogen-bond donors (Lipinski definition) is 0. The van der Waals surface area contributed by atoms with E-state index in [1.165, 1.54) is 51.7 Å². The van der Waals surface area contributed by atoms with Gasteiger partial charge in [0, 0.05) is 56.0 Å². The number of fused-ring (bicyclic) bond motifs is 2. The normalized spacial score (nSPS) is 33.5. The van der Waals surface area contributed by atoms with Gasteiger partial charge in [0.05, 0.1) is 0 Å². The number of carbonyl (C=O) groups is 2. The highest BCUT2D eigenvalue weighted by atomic mass is 16.2. The second-order valence-corrected chi connectivity index (χ2v) is 11.0. The number of likely N-dealkylation sites (N-methyl/N-ethyl adjacent to an activating group) is 1. The highest BCUT2D eigenvalue weighted by Gasteiger charge is 2.41. The number of nitrogens with zero attached hydrogens (tertiary/aromatic N) is 3. The Morgan fingerprint density at radius 1 is 0.900 bits per heavy atom. The molecule has 30 heavy (non-hydrogen) atoms. The number of carbonyl (C=O) groups excluding carboxylic acids is 2. The van der Waals surface area contributed by atoms with Crippen LogP contribution >= 0.6 is 0 Å². The van der Waals surface area contributed by atoms with Gasteiger partial charge < -0.3 is 9.80 Å². The van der Waals surface area contributed by atoms with Crippen LogP contribution in [0, 0.1) is 23.7 Å². The SMILES string of the molecule is CC(C)C(=O)C1CCC(C(=O)N2CCC(CCCN3CC4CC3CN4C)CC2)CC1. The smallest absolute Gasteiger partial charge is 0.225 e. The number of hydrogen-bond acceptors (Lipinski definition) is 4. The minimum atomic E-state index is 0.128. The van der Waals surface area contributed by atoms with Gasteiger partial charge in [-0.05, 0) is 77.3 Å². The fraction of sp³-hybridized carbons (Fsp3) is 0.920. The minimum absolute atomic E-state index is 0.128. The molecule has 0 aromatic heterocycles. The summed E-state index contributed by atoms with van der Waals surface area (Å²) < 4.78 is 0. The van der Waals surface area contributed by atoms with Crippen molar-refractivity contribution in [3.05, 3.63) is 0 Å². The average molecular weight is 418 g/mol. The maximum atomic E-state index is 13.0. The molecule has 3 heterocycles. The zero-order valence-electron chi connectivity index (χ0n) is 19.5. The summed E-state index contributed by atoms with van der Waals surface area (Å²) in [6.07, 6.45) is 10.0. The molecule has 0 radical (unpaired) electrons. The van der Waals surface area contributed by atoms with Crippen LogP contribution in [0.15, 0.2) is 0 Å². The Hall–Kier alpha value is -0.940. The predicted octanol–water partition coefficient (Wildman–Crippen LogP) is 3.43. The van der Waals surface area contributed by atoms with Gasteiger partial charge in [-0.15, -0.1) is 0 Å². The molecule has 2 atom stereocenters. The van der Waals surface area contributed by atoms with Crippen LogP contribution in [-0.4, -0.2) is 78.2 Å². The molecule has 2 unspecified atom stereocenters. The zero-order valence-corrected chi connectivity index (χ0v) is 19.5. The van der Waals surface area contributed by atoms with Gasteiger partial charge in [0.25, 0.3) is 0 Å². The van der Waals surface area contributed by atoms with Crippen molar-refractivity contribution in [2.45, 2.75) is 83.7 Å². The lowest BCUT2D eigenvalue weighted by atomic mass is 9.77. The first-order valence-corrected chi connectivity index (χ1v) is 12.7. The number of Topliss-reactive ketones (excluding diaryl/α,β-unsaturated/α-hetero) is 1. The molecule has 4 aliphatic rings. The molecule has 4 rings (SSSR count). The Kier molecular flexibility index (Phi) is 7.19. The molecule has 5 heteroatoms. The third kappa shape index (κ3) is 4.93. The van der Waals surface area contributed by atoms with E-state index in [9.17, 15) is 9.59 Å². The van der Waals surface area contributed by atoms with Crippen LogP contribution in [0.2, 0.25) is 0 Å². The maximum absolute atomic E-state index is 13.0. The molecule has 0 aromatic rings. The van der Waals surface area contributed by atoms with Gasteiger partial charge in [-0.25, -0.2) is 0 Å². The molecule has 0 N–H and O–H groups in total. The summed E-state index contributed by atoms with van der Waals surface area (Å²) in [7, 11) is 2.27. The zero-order chi connectivity index (χ0) is 21.3. The summed E-state index contributed by atoms with van der Waals surface area (Å²) >= 11 is 0. The molecule has 5 nitrogen and oxygen atoms in total. The molecule has 3 saturated heterocycles. The van der Waals surface area contributed by atoms with Crippen molar-refractivity contribution in [2.75, 3.05) is 39.8 Å². The fourth-order valence-electron chi connectivity index (χ4n) is 6.60. The monoisotopic (exact) mass is 417 g/mol. The lowest BCUT2D eigenvalue weighted by Gasteiger charge is -2.37. The van der Waals surface area contributed by atoms with Gasteiger partial charge in [0.1, 0.15) is 5.78 Å². The molecule has 4 fully saturated rings. The van der Waals surface area contributed by atoms with Gasteiger partial charge in [0.15, 0.2) is 0 Å². The topological polar surface area (TPSA) is 43.9 Å². The van der Waals surface area contributed by atoms with Crippen LogP contribution in [0.1, 0.15) is 71.6 Å². The molecule has 170 valence electrons. The third-order valence-corrected chi connectivity index (χ3v) is 8.66. The van der Waals surface area contributed by atoms with Crippen molar-refractivity contribution < 1.29 is 9.59 Å². The van der Waals surface area contributed by atoms with Crippen molar-refractivity contribution in [2.24, 2.45) is 23.7 Å². The van der Waals surface area contributed by atoms with Crippen LogP contribution in [0.5, 0.6) is 0 Å². The van der Waals surface area contributed by atoms with Crippen molar-refractivity contribution in [1.29, 1.82) is 0 Å². The number of ketones is 1. The van der Waals surface area contributed by atoms with E-state index in [0.717, 1.165) is 56.8 Å². The minimum Gasteiger partial charge on any atom is -0.342 e. The van der Waals surface area contributed by atoms with E-state index in [0.29, 0.717) is 11.7 Å². The van der Waals surface area contributed by atoms with E-state index in [4.69, 9.17) is 0 Å². The Bertz CT molecular complexity index is 604. The first-order valence-electron chi connectivity index (χ1n) is 12.7. The molecule has 3 aliphatic heterocycles. The summed E-state index contributed by atoms with van der Waals surface area (Å²) in [4.78, 5) is 32.6. The Morgan fingerprint density at radius 3 is 2.13 bits per heavy atom. The molecular formula is C25H43N3O2. The predicted molar refractivity (Wildman–Crippen MR) is 120 cm³/mol. The van der Waals surface area contributed by atoms with Crippen molar-refractivity contribution >= 4 is 11.7 Å². The standard InChI is InChI=1S/C25H43N3O2/c1-18(2)24(29)20-6-8-21(9-7-20)25(30)27-13-10-19(11-14-27)5-4-12-28-17-22-15-23(28)16-26(22)3/h18-23H,4-17H2,1-3H3. The Balaban J connectivity index is 1.12. The van der Waals surface area contributed by atoms with E-state index in [1.807, 2.05) is 13.8 Å². The van der Waals surface area contributed by atoms with Crippen LogP contribution < -0.4 is 0 Å². The first kappa shape index (κ1) is 22.3. The van der Waals surface area contributed by atoms with E-state index in [1.54, 1.807) is 0 Å². The molecule has 2 bridgehead atoms. The molecule has 1 saturated carbocycles. The number of rotatable bonds is 7. The van der Waals surface area contributed by atoms with Crippen LogP contribution in [0.25, 0.3) is 0 Å². The molecule has 1 aliphatic carbocycles. The largest absolute Gasteiger partial charge is 0.342 e. The highest BCUT2D eigenvalue weighted by Crippen LogP contribution is 2.34. The molecular weight excluding hydrogens is 374 g/mol. The fourth-order valence-corrected chi connectivity index (χ4v) is 6.60. The van der Waals surface area contributed by atoms with E-state index >= 15 is 0 Å². The molecule has 0 spiro atoms. The summed E-state index contributed by atoms with van der Waals surface area (Å²) in [6, 6.07) is 1.62. The number of piperazine rings is 1. The summed E-state index contributed by atoms with van der Waals surface area (Å²) in [6.45, 7) is 9.71. The van der Waals surface area contributed by atoms with Crippen LogP contribution in [-0.2, 0) is 9.59 Å². The number of likely N-dealkylation sites (tertiary alicyclic amines) is 3. The van der Waals surface area contributed by atoms with E-state index in [2.05, 4.69) is 21.7 Å². The maximum Gasteiger partial charge on any atom is 0.225 e. The van der Waals surface area contributed by atoms with Gasteiger partial charge >= 0.3 is 0 Å². The molecule has 0 aromatic carbocycles. The average Bonchev–Trinajstić information content (AvgIpc) is 3.32. The van der Waals surface area contributed by atoms with Gasteiger partial charge in [-0.2, -0.15) is 0 Å². The summed E-state index contributed by atoms with van der Waals surface area (Å²) in [5.74, 6) is 2.07. The Morgan fingerprint density at radius 2 is 1.57 bits per heavy atom. The Labute approximate surface area is 183 Å². The summed E-state index contributed by atoms with van der Waals surface area (Å²) in [5, 5.41) is 0. The van der Waals surface area contributed by atoms with Gasteiger partial charge in [-0.1, -0.05) is 13.8 Å². The quantitative estimate of drug-likeness (QED) is 0.637. The van der Waals surface area contributed by atoms with Gasteiger partial charge in [0.2, 0.25) is 5.91 Å². The number of piperidine rings is 1. The number of amides is 1. The second-order valence-electron chi connectivity index (χ2n) is 11.0. The van der Waals surface area contributed by atoms with E-state index < -0.39 is 0 Å². The molecule has 1 amide bonds. The van der Waals surface area contributed by atoms with E-state index in [-0.39, 0.29) is 17.8 Å². The summed E-state index contributed by atoms with van der Waals surface area (Å²) in [5.41, 5.74) is 0. The third-order valence-electron chi connectivity index (χ3n) is 8.66. The lowest BCUT2D eigenvalue weighted by molar-refractivity contribution is -0.139. The lowest BCUT2D eigenvalue weighted by Crippen LogP contribution is -2.45. The highest BCUT2D eigenvalue weighted by molar-refractivity contribution is 5.83. The van der Waals surface area contributed by atoms with Crippen molar-refractivity contribution in [1.82, 2.24) is 14.7 Å². The first-order chi connectivity index (χ1) is 14.4. The van der Waals surface area contributed by atoms with Crippen molar-refractivity contribution in [3.8, 4) is 0 Å². The van der Waals surface area contributed by atoms with Crippen molar-refractivity contribution in [3.63, 3.8) is 0 Å². The second kappa shape index (κ2) is 9.68.